The molecule has 0 saturated carbocycles. The highest BCUT2D eigenvalue weighted by molar-refractivity contribution is 9.10. The summed E-state index contributed by atoms with van der Waals surface area (Å²) in [5.41, 5.74) is 6.37. The lowest BCUT2D eigenvalue weighted by Crippen LogP contribution is -2.33. The molecule has 0 heterocycles. The molecule has 0 fully saturated rings. The van der Waals surface area contributed by atoms with Crippen LogP contribution in [0.25, 0.3) is 0 Å². The molecule has 1 aliphatic carbocycles. The zero-order valence-corrected chi connectivity index (χ0v) is 10.8. The van der Waals surface area contributed by atoms with Crippen molar-refractivity contribution in [1.29, 1.82) is 0 Å². The summed E-state index contributed by atoms with van der Waals surface area (Å²) < 4.78 is 15.4. The van der Waals surface area contributed by atoms with Gasteiger partial charge in [0, 0.05) is 12.7 Å². The molecule has 0 bridgehead atoms. The predicted octanol–water partition coefficient (Wildman–Crippen LogP) is 1.86. The van der Waals surface area contributed by atoms with Crippen molar-refractivity contribution < 1.29 is 14.2 Å². The van der Waals surface area contributed by atoms with Gasteiger partial charge in [0.2, 0.25) is 0 Å². The highest BCUT2D eigenvalue weighted by Gasteiger charge is 2.38. The first-order valence-electron chi connectivity index (χ1n) is 4.69. The second-order valence-electron chi connectivity index (χ2n) is 3.13. The number of ether oxygens (including phenoxy) is 3. The summed E-state index contributed by atoms with van der Waals surface area (Å²) >= 11 is 3.51. The number of nitrogens with two attached hydrogens (primary N) is 1. The van der Waals surface area contributed by atoms with Crippen LogP contribution in [-0.4, -0.2) is 25.3 Å². The van der Waals surface area contributed by atoms with Crippen molar-refractivity contribution in [2.24, 2.45) is 5.73 Å². The average molecular weight is 278 g/mol. The Morgan fingerprint density at radius 1 is 1.47 bits per heavy atom. The van der Waals surface area contributed by atoms with Crippen LogP contribution in [0.3, 0.4) is 0 Å². The van der Waals surface area contributed by atoms with Crippen molar-refractivity contribution >= 4 is 15.9 Å². The van der Waals surface area contributed by atoms with Crippen LogP contribution in [0.2, 0.25) is 0 Å². The van der Waals surface area contributed by atoms with Crippen LogP contribution in [0.15, 0.2) is 23.3 Å². The van der Waals surface area contributed by atoms with Crippen molar-refractivity contribution in [2.75, 3.05) is 20.8 Å². The Hall–Kier alpha value is -0.680. The zero-order valence-electron chi connectivity index (χ0n) is 9.17. The van der Waals surface area contributed by atoms with Crippen LogP contribution >= 0.6 is 15.9 Å². The minimum Gasteiger partial charge on any atom is -0.499 e. The number of hydrogen-bond acceptors (Lipinski definition) is 4. The molecule has 4 nitrogen and oxygen atoms in total. The topological polar surface area (TPSA) is 53.7 Å². The third-order valence-corrected chi connectivity index (χ3v) is 3.10. The van der Waals surface area contributed by atoms with E-state index in [9.17, 15) is 0 Å². The predicted molar refractivity (Wildman–Crippen MR) is 61.2 cm³/mol. The van der Waals surface area contributed by atoms with Gasteiger partial charge in [0.15, 0.2) is 4.51 Å². The monoisotopic (exact) mass is 277 g/mol. The number of methoxy groups -OCH3 is 2. The maximum atomic E-state index is 5.79. The third kappa shape index (κ3) is 2.46. The second-order valence-corrected chi connectivity index (χ2v) is 4.41. The molecule has 0 aromatic rings. The summed E-state index contributed by atoms with van der Waals surface area (Å²) in [6.45, 7) is 2.49. The van der Waals surface area contributed by atoms with E-state index in [1.165, 1.54) is 0 Å². The van der Waals surface area contributed by atoms with E-state index in [0.717, 1.165) is 0 Å². The number of alkyl halides is 1. The Bertz CT molecular complexity index is 301. The molecule has 0 saturated heterocycles. The van der Waals surface area contributed by atoms with Gasteiger partial charge in [0.05, 0.1) is 26.3 Å². The van der Waals surface area contributed by atoms with Gasteiger partial charge in [-0.15, -0.1) is 0 Å². The summed E-state index contributed by atoms with van der Waals surface area (Å²) in [7, 11) is 3.18. The Labute approximate surface area is 98.2 Å². The molecule has 1 aliphatic rings. The van der Waals surface area contributed by atoms with E-state index in [0.29, 0.717) is 30.2 Å². The molecule has 86 valence electrons. The van der Waals surface area contributed by atoms with Crippen molar-refractivity contribution in [3.05, 3.63) is 23.3 Å². The molecule has 0 aromatic carbocycles. The van der Waals surface area contributed by atoms with Crippen LogP contribution in [0.1, 0.15) is 13.3 Å². The van der Waals surface area contributed by atoms with E-state index >= 15 is 0 Å². The summed E-state index contributed by atoms with van der Waals surface area (Å²) in [4.78, 5) is 0. The first-order valence-corrected chi connectivity index (χ1v) is 5.48. The third-order valence-electron chi connectivity index (χ3n) is 2.20. The highest BCUT2D eigenvalue weighted by Crippen LogP contribution is 2.40. The maximum absolute atomic E-state index is 5.79. The molecule has 0 amide bonds. The van der Waals surface area contributed by atoms with Gasteiger partial charge >= 0.3 is 0 Å². The molecule has 0 aliphatic heterocycles. The Kier molecular flexibility index (Phi) is 4.04. The van der Waals surface area contributed by atoms with E-state index in [1.54, 1.807) is 20.3 Å². The number of allylic oxidation sites excluding steroid dienone is 1. The van der Waals surface area contributed by atoms with Crippen LogP contribution in [0, 0.1) is 0 Å². The molecule has 0 aromatic heterocycles. The number of rotatable bonds is 4. The van der Waals surface area contributed by atoms with Gasteiger partial charge in [-0.1, -0.05) is 0 Å². The maximum Gasteiger partial charge on any atom is 0.186 e. The Morgan fingerprint density at radius 2 is 2.13 bits per heavy atom. The normalized spacial score (nSPS) is 26.3. The van der Waals surface area contributed by atoms with Crippen LogP contribution < -0.4 is 5.73 Å². The fraction of sp³-hybridized carbons (Fsp3) is 0.600. The Morgan fingerprint density at radius 3 is 2.60 bits per heavy atom. The molecule has 1 rings (SSSR count). The summed E-state index contributed by atoms with van der Waals surface area (Å²) in [6, 6.07) is 0. The molecular formula is C10H16BrNO3. The molecule has 5 heteroatoms. The van der Waals surface area contributed by atoms with Gasteiger partial charge in [-0.05, 0) is 22.9 Å². The van der Waals surface area contributed by atoms with Gasteiger partial charge in [0.1, 0.15) is 11.5 Å². The fourth-order valence-electron chi connectivity index (χ4n) is 1.48. The molecule has 2 N–H and O–H groups in total. The van der Waals surface area contributed by atoms with Gasteiger partial charge < -0.3 is 19.9 Å². The van der Waals surface area contributed by atoms with Crippen molar-refractivity contribution in [3.8, 4) is 0 Å². The molecule has 0 radical (unpaired) electrons. The quantitative estimate of drug-likeness (QED) is 0.797. The highest BCUT2D eigenvalue weighted by atomic mass is 79.9. The Balaban J connectivity index is 3.00. The van der Waals surface area contributed by atoms with Gasteiger partial charge in [-0.2, -0.15) is 0 Å². The van der Waals surface area contributed by atoms with Crippen LogP contribution in [0.4, 0.5) is 0 Å². The van der Waals surface area contributed by atoms with Gasteiger partial charge in [-0.3, -0.25) is 0 Å². The van der Waals surface area contributed by atoms with Crippen molar-refractivity contribution in [2.45, 2.75) is 17.9 Å². The van der Waals surface area contributed by atoms with E-state index in [-0.39, 0.29) is 0 Å². The van der Waals surface area contributed by atoms with Crippen molar-refractivity contribution in [1.82, 2.24) is 0 Å². The largest absolute Gasteiger partial charge is 0.499 e. The van der Waals surface area contributed by atoms with Crippen molar-refractivity contribution in [3.63, 3.8) is 0 Å². The minimum absolute atomic E-state index is 0.517. The summed E-state index contributed by atoms with van der Waals surface area (Å²) in [6.07, 6.45) is 2.23. The van der Waals surface area contributed by atoms with Crippen LogP contribution in [-0.2, 0) is 14.2 Å². The standard InChI is InChI=1S/C10H16BrNO3/c1-4-15-10(11)6-8(13-2)7(12)5-9(10)14-3/h5H,4,6,12H2,1-3H3. The van der Waals surface area contributed by atoms with Gasteiger partial charge in [0.25, 0.3) is 0 Å². The van der Waals surface area contributed by atoms with Crippen LogP contribution in [0.5, 0.6) is 0 Å². The first kappa shape index (κ1) is 12.4. The lowest BCUT2D eigenvalue weighted by molar-refractivity contribution is 0.0160. The van der Waals surface area contributed by atoms with E-state index in [4.69, 9.17) is 19.9 Å². The van der Waals surface area contributed by atoms with E-state index in [2.05, 4.69) is 15.9 Å². The minimum atomic E-state index is -0.662. The smallest absolute Gasteiger partial charge is 0.186 e. The lowest BCUT2D eigenvalue weighted by atomic mass is 10.1. The molecule has 15 heavy (non-hydrogen) atoms. The summed E-state index contributed by atoms with van der Waals surface area (Å²) in [5, 5.41) is 0. The molecule has 1 unspecified atom stereocenters. The second kappa shape index (κ2) is 4.90. The molecule has 1 atom stereocenters. The number of hydrogen-bond donors (Lipinski definition) is 1. The number of halogens is 1. The fourth-order valence-corrected chi connectivity index (χ4v) is 2.24. The zero-order chi connectivity index (χ0) is 11.5. The average Bonchev–Trinajstić information content (AvgIpc) is 2.21. The first-order chi connectivity index (χ1) is 7.07. The molecular weight excluding hydrogens is 262 g/mol. The summed E-state index contributed by atoms with van der Waals surface area (Å²) in [5.74, 6) is 1.35. The SMILES string of the molecule is CCOC1(Br)CC(OC)=C(N)C=C1OC. The lowest BCUT2D eigenvalue weighted by Gasteiger charge is -2.32. The van der Waals surface area contributed by atoms with Gasteiger partial charge in [-0.25, -0.2) is 0 Å². The molecule has 0 spiro atoms. The van der Waals surface area contributed by atoms with E-state index in [1.807, 2.05) is 6.92 Å². The van der Waals surface area contributed by atoms with E-state index < -0.39 is 4.51 Å².